The van der Waals surface area contributed by atoms with Crippen LogP contribution < -0.4 is 0 Å². The number of fused-ring (bicyclic) bond motifs is 1. The molecule has 1 atom stereocenters. The summed E-state index contributed by atoms with van der Waals surface area (Å²) in [6.45, 7) is 0.929. The van der Waals surface area contributed by atoms with E-state index in [1.807, 2.05) is 18.2 Å². The van der Waals surface area contributed by atoms with Crippen molar-refractivity contribution in [3.63, 3.8) is 0 Å². The lowest BCUT2D eigenvalue weighted by Crippen LogP contribution is -2.46. The molecule has 1 heterocycles. The van der Waals surface area contributed by atoms with Crippen LogP contribution in [0.3, 0.4) is 0 Å². The van der Waals surface area contributed by atoms with Crippen molar-refractivity contribution >= 4 is 29.1 Å². The van der Waals surface area contributed by atoms with Gasteiger partial charge in [0.1, 0.15) is 5.82 Å². The molecule has 0 spiro atoms. The van der Waals surface area contributed by atoms with Gasteiger partial charge in [0.15, 0.2) is 0 Å². The monoisotopic (exact) mass is 443 g/mol. The topological polar surface area (TPSA) is 29.5 Å². The molecule has 3 aromatic rings. The molecule has 0 radical (unpaired) electrons. The van der Waals surface area contributed by atoms with Gasteiger partial charge in [-0.1, -0.05) is 65.7 Å². The highest BCUT2D eigenvalue weighted by atomic mass is 35.5. The number of halogens is 3. The third-order valence-corrected chi connectivity index (χ3v) is 6.05. The Morgan fingerprint density at radius 2 is 1.73 bits per heavy atom. The van der Waals surface area contributed by atoms with E-state index in [4.69, 9.17) is 27.9 Å². The molecule has 30 heavy (non-hydrogen) atoms. The molecule has 4 rings (SSSR count). The van der Waals surface area contributed by atoms with E-state index in [1.54, 1.807) is 41.3 Å². The van der Waals surface area contributed by atoms with Crippen molar-refractivity contribution in [1.29, 1.82) is 0 Å². The SMILES string of the molecule is O=C(c1ccc(Cl)c(Cl)c1)N1Cc2ccccc2CC1COCc1ccccc1F. The predicted molar refractivity (Wildman–Crippen MR) is 116 cm³/mol. The molecule has 3 aromatic carbocycles. The minimum absolute atomic E-state index is 0.137. The molecule has 1 aliphatic heterocycles. The van der Waals surface area contributed by atoms with Crippen LogP contribution in [0.5, 0.6) is 0 Å². The molecule has 0 fully saturated rings. The molecule has 154 valence electrons. The lowest BCUT2D eigenvalue weighted by Gasteiger charge is -2.37. The molecule has 0 aliphatic carbocycles. The summed E-state index contributed by atoms with van der Waals surface area (Å²) in [4.78, 5) is 15.1. The van der Waals surface area contributed by atoms with Crippen molar-refractivity contribution in [1.82, 2.24) is 4.90 Å². The highest BCUT2D eigenvalue weighted by Gasteiger charge is 2.30. The molecule has 1 unspecified atom stereocenters. The predicted octanol–water partition coefficient (Wildman–Crippen LogP) is 5.92. The van der Waals surface area contributed by atoms with Gasteiger partial charge in [0.05, 0.1) is 29.3 Å². The number of ether oxygens (including phenoxy) is 1. The smallest absolute Gasteiger partial charge is 0.254 e. The van der Waals surface area contributed by atoms with Crippen molar-refractivity contribution < 1.29 is 13.9 Å². The van der Waals surface area contributed by atoms with E-state index in [-0.39, 0.29) is 24.4 Å². The second-order valence-corrected chi connectivity index (χ2v) is 8.11. The van der Waals surface area contributed by atoms with Crippen LogP contribution in [0.2, 0.25) is 10.0 Å². The fourth-order valence-corrected chi connectivity index (χ4v) is 3.99. The van der Waals surface area contributed by atoms with Crippen LogP contribution in [0.1, 0.15) is 27.0 Å². The summed E-state index contributed by atoms with van der Waals surface area (Å²) in [6, 6.07) is 19.3. The Morgan fingerprint density at radius 1 is 1.00 bits per heavy atom. The van der Waals surface area contributed by atoms with Gasteiger partial charge in [-0.15, -0.1) is 0 Å². The van der Waals surface area contributed by atoms with Gasteiger partial charge in [-0.3, -0.25) is 4.79 Å². The van der Waals surface area contributed by atoms with Gasteiger partial charge >= 0.3 is 0 Å². The molecule has 0 saturated carbocycles. The molecule has 0 N–H and O–H groups in total. The number of hydrogen-bond acceptors (Lipinski definition) is 2. The minimum atomic E-state index is -0.296. The van der Waals surface area contributed by atoms with Crippen LogP contribution in [0.4, 0.5) is 4.39 Å². The second-order valence-electron chi connectivity index (χ2n) is 7.30. The van der Waals surface area contributed by atoms with E-state index in [0.29, 0.717) is 40.7 Å². The lowest BCUT2D eigenvalue weighted by atomic mass is 9.93. The van der Waals surface area contributed by atoms with Crippen LogP contribution in [0.25, 0.3) is 0 Å². The Balaban J connectivity index is 1.54. The summed E-state index contributed by atoms with van der Waals surface area (Å²) in [5.74, 6) is -0.433. The van der Waals surface area contributed by atoms with E-state index >= 15 is 0 Å². The highest BCUT2D eigenvalue weighted by Crippen LogP contribution is 2.28. The largest absolute Gasteiger partial charge is 0.375 e. The summed E-state index contributed by atoms with van der Waals surface area (Å²) in [6.07, 6.45) is 0.667. The van der Waals surface area contributed by atoms with Crippen LogP contribution in [-0.2, 0) is 24.3 Å². The number of rotatable bonds is 5. The number of nitrogens with zero attached hydrogens (tertiary/aromatic N) is 1. The Kier molecular flexibility index (Phi) is 6.38. The van der Waals surface area contributed by atoms with Crippen molar-refractivity contribution in [3.05, 3.63) is 105 Å². The van der Waals surface area contributed by atoms with E-state index in [9.17, 15) is 9.18 Å². The van der Waals surface area contributed by atoms with Crippen molar-refractivity contribution in [2.75, 3.05) is 6.61 Å². The summed E-state index contributed by atoms with van der Waals surface area (Å²) in [5, 5.41) is 0.745. The van der Waals surface area contributed by atoms with Crippen molar-refractivity contribution in [2.24, 2.45) is 0 Å². The molecule has 0 saturated heterocycles. The standard InChI is InChI=1S/C24H20Cl2FNO2/c25-21-10-9-17(12-22(21)26)24(29)28-13-18-6-2-1-5-16(18)11-20(28)15-30-14-19-7-3-4-8-23(19)27/h1-10,12,20H,11,13-15H2. The lowest BCUT2D eigenvalue weighted by molar-refractivity contribution is 0.0319. The molecule has 0 aromatic heterocycles. The first-order valence-electron chi connectivity index (χ1n) is 9.67. The molecular formula is C24H20Cl2FNO2. The number of amides is 1. The molecule has 1 aliphatic rings. The first kappa shape index (κ1) is 20.9. The van der Waals surface area contributed by atoms with E-state index in [1.165, 1.54) is 11.6 Å². The van der Waals surface area contributed by atoms with Gasteiger partial charge in [0, 0.05) is 17.7 Å². The third-order valence-electron chi connectivity index (χ3n) is 5.31. The van der Waals surface area contributed by atoms with Crippen molar-refractivity contribution in [3.8, 4) is 0 Å². The van der Waals surface area contributed by atoms with Gasteiger partial charge in [0.25, 0.3) is 5.91 Å². The van der Waals surface area contributed by atoms with Crippen molar-refractivity contribution in [2.45, 2.75) is 25.6 Å². The maximum atomic E-state index is 13.9. The van der Waals surface area contributed by atoms with Crippen LogP contribution in [0.15, 0.2) is 66.7 Å². The van der Waals surface area contributed by atoms with Gasteiger partial charge in [-0.2, -0.15) is 0 Å². The van der Waals surface area contributed by atoms with E-state index in [0.717, 1.165) is 5.56 Å². The molecule has 0 bridgehead atoms. The number of hydrogen-bond donors (Lipinski definition) is 0. The quantitative estimate of drug-likeness (QED) is 0.489. The fourth-order valence-electron chi connectivity index (χ4n) is 3.69. The molecule has 1 amide bonds. The highest BCUT2D eigenvalue weighted by molar-refractivity contribution is 6.42. The average Bonchev–Trinajstić information content (AvgIpc) is 2.76. The summed E-state index contributed by atoms with van der Waals surface area (Å²) < 4.78 is 19.7. The molecular weight excluding hydrogens is 424 g/mol. The Labute approximate surface area is 185 Å². The maximum absolute atomic E-state index is 13.9. The Hall–Kier alpha value is -2.40. The number of benzene rings is 3. The zero-order chi connectivity index (χ0) is 21.1. The fraction of sp³-hybridized carbons (Fsp3) is 0.208. The zero-order valence-electron chi connectivity index (χ0n) is 16.2. The molecule has 3 nitrogen and oxygen atoms in total. The van der Waals surface area contributed by atoms with E-state index < -0.39 is 0 Å². The Morgan fingerprint density at radius 3 is 2.50 bits per heavy atom. The normalized spacial score (nSPS) is 15.7. The first-order valence-corrected chi connectivity index (χ1v) is 10.4. The van der Waals surface area contributed by atoms with E-state index in [2.05, 4.69) is 6.07 Å². The van der Waals surface area contributed by atoms with Crippen LogP contribution in [0, 0.1) is 5.82 Å². The van der Waals surface area contributed by atoms with Gasteiger partial charge in [-0.05, 0) is 41.8 Å². The summed E-state index contributed by atoms with van der Waals surface area (Å²) >= 11 is 12.1. The Bertz CT molecular complexity index is 1070. The first-order chi connectivity index (χ1) is 14.5. The summed E-state index contributed by atoms with van der Waals surface area (Å²) in [7, 11) is 0. The van der Waals surface area contributed by atoms with Gasteiger partial charge < -0.3 is 9.64 Å². The van der Waals surface area contributed by atoms with Gasteiger partial charge in [-0.25, -0.2) is 4.39 Å². The maximum Gasteiger partial charge on any atom is 0.254 e. The number of carbonyl (C=O) groups excluding carboxylic acids is 1. The third kappa shape index (κ3) is 4.51. The molecule has 6 heteroatoms. The zero-order valence-corrected chi connectivity index (χ0v) is 17.7. The second kappa shape index (κ2) is 9.17. The summed E-state index contributed by atoms with van der Waals surface area (Å²) in [5.41, 5.74) is 3.27. The van der Waals surface area contributed by atoms with Crippen LogP contribution in [-0.4, -0.2) is 23.5 Å². The number of carbonyl (C=O) groups is 1. The minimum Gasteiger partial charge on any atom is -0.375 e. The van der Waals surface area contributed by atoms with Crippen LogP contribution >= 0.6 is 23.2 Å². The van der Waals surface area contributed by atoms with Gasteiger partial charge in [0.2, 0.25) is 0 Å². The average molecular weight is 444 g/mol.